The molecule has 2 nitrogen and oxygen atoms in total. The standard InChI is InChI=1S/C11H15NO/c1-11(8-12)10-5-3-2-4-9(10)6-7-13-11/h2-5H,6-8,12H2,1H3/t11-/m1/s1. The molecule has 1 aliphatic heterocycles. The van der Waals surface area contributed by atoms with E-state index in [-0.39, 0.29) is 5.60 Å². The Kier molecular flexibility index (Phi) is 2.10. The maximum Gasteiger partial charge on any atom is 0.103 e. The van der Waals surface area contributed by atoms with Crippen LogP contribution < -0.4 is 5.73 Å². The van der Waals surface area contributed by atoms with Crippen LogP contribution >= 0.6 is 0 Å². The van der Waals surface area contributed by atoms with Crippen molar-refractivity contribution in [2.75, 3.05) is 13.2 Å². The highest BCUT2D eigenvalue weighted by Crippen LogP contribution is 2.31. The quantitative estimate of drug-likeness (QED) is 0.704. The van der Waals surface area contributed by atoms with E-state index in [2.05, 4.69) is 25.1 Å². The Morgan fingerprint density at radius 1 is 1.46 bits per heavy atom. The van der Waals surface area contributed by atoms with E-state index in [0.29, 0.717) is 6.54 Å². The molecule has 0 aromatic heterocycles. The maximum atomic E-state index is 5.73. The van der Waals surface area contributed by atoms with Gasteiger partial charge in [0, 0.05) is 6.54 Å². The number of rotatable bonds is 1. The van der Waals surface area contributed by atoms with Crippen LogP contribution in [0.4, 0.5) is 0 Å². The first-order chi connectivity index (χ1) is 6.26. The molecule has 0 amide bonds. The highest BCUT2D eigenvalue weighted by molar-refractivity contribution is 5.34. The summed E-state index contributed by atoms with van der Waals surface area (Å²) in [5, 5.41) is 0. The van der Waals surface area contributed by atoms with Crippen molar-refractivity contribution >= 4 is 0 Å². The molecule has 1 aromatic carbocycles. The summed E-state index contributed by atoms with van der Waals surface area (Å²) < 4.78 is 5.72. The van der Waals surface area contributed by atoms with E-state index in [1.807, 2.05) is 6.07 Å². The second-order valence-corrected chi connectivity index (χ2v) is 3.69. The Morgan fingerprint density at radius 3 is 3.00 bits per heavy atom. The van der Waals surface area contributed by atoms with E-state index < -0.39 is 0 Å². The number of benzene rings is 1. The molecule has 0 aliphatic carbocycles. The molecule has 2 N–H and O–H groups in total. The molecule has 70 valence electrons. The lowest BCUT2D eigenvalue weighted by atomic mass is 9.88. The summed E-state index contributed by atoms with van der Waals surface area (Å²) in [5.41, 5.74) is 8.09. The summed E-state index contributed by atoms with van der Waals surface area (Å²) in [7, 11) is 0. The summed E-state index contributed by atoms with van der Waals surface area (Å²) in [6.45, 7) is 3.39. The topological polar surface area (TPSA) is 35.2 Å². The molecule has 0 saturated heterocycles. The van der Waals surface area contributed by atoms with Crippen LogP contribution in [0.25, 0.3) is 0 Å². The minimum Gasteiger partial charge on any atom is -0.369 e. The molecule has 0 spiro atoms. The van der Waals surface area contributed by atoms with Crippen LogP contribution in [0.5, 0.6) is 0 Å². The number of nitrogens with two attached hydrogens (primary N) is 1. The molecule has 2 rings (SSSR count). The first kappa shape index (κ1) is 8.73. The lowest BCUT2D eigenvalue weighted by Gasteiger charge is -2.35. The second kappa shape index (κ2) is 3.13. The SMILES string of the molecule is C[C@]1(CN)OCCc2ccccc21. The van der Waals surface area contributed by atoms with E-state index in [1.165, 1.54) is 11.1 Å². The fourth-order valence-corrected chi connectivity index (χ4v) is 1.89. The summed E-state index contributed by atoms with van der Waals surface area (Å²) in [6.07, 6.45) is 1.01. The Morgan fingerprint density at radius 2 is 2.23 bits per heavy atom. The first-order valence-electron chi connectivity index (χ1n) is 4.69. The van der Waals surface area contributed by atoms with Crippen molar-refractivity contribution in [2.45, 2.75) is 18.9 Å². The molecule has 13 heavy (non-hydrogen) atoms. The van der Waals surface area contributed by atoms with Gasteiger partial charge in [-0.05, 0) is 24.5 Å². The van der Waals surface area contributed by atoms with Crippen LogP contribution in [0.3, 0.4) is 0 Å². The molecule has 0 radical (unpaired) electrons. The smallest absolute Gasteiger partial charge is 0.103 e. The van der Waals surface area contributed by atoms with Crippen LogP contribution in [-0.4, -0.2) is 13.2 Å². The lowest BCUT2D eigenvalue weighted by molar-refractivity contribution is -0.0389. The van der Waals surface area contributed by atoms with Gasteiger partial charge in [0.25, 0.3) is 0 Å². The van der Waals surface area contributed by atoms with Gasteiger partial charge in [-0.3, -0.25) is 0 Å². The highest BCUT2D eigenvalue weighted by atomic mass is 16.5. The van der Waals surface area contributed by atoms with Crippen LogP contribution in [0.2, 0.25) is 0 Å². The van der Waals surface area contributed by atoms with E-state index in [0.717, 1.165) is 13.0 Å². The van der Waals surface area contributed by atoms with Crippen molar-refractivity contribution < 1.29 is 4.74 Å². The zero-order valence-electron chi connectivity index (χ0n) is 7.92. The van der Waals surface area contributed by atoms with E-state index in [1.54, 1.807) is 0 Å². The molecule has 1 aromatic rings. The van der Waals surface area contributed by atoms with Gasteiger partial charge in [-0.1, -0.05) is 24.3 Å². The fourth-order valence-electron chi connectivity index (χ4n) is 1.89. The summed E-state index contributed by atoms with van der Waals surface area (Å²) in [5.74, 6) is 0. The number of ether oxygens (including phenoxy) is 1. The Bertz CT molecular complexity index is 311. The van der Waals surface area contributed by atoms with Gasteiger partial charge in [0.05, 0.1) is 6.61 Å². The number of hydrogen-bond donors (Lipinski definition) is 1. The van der Waals surface area contributed by atoms with Crippen molar-refractivity contribution in [3.63, 3.8) is 0 Å². The van der Waals surface area contributed by atoms with Crippen LogP contribution in [0.1, 0.15) is 18.1 Å². The van der Waals surface area contributed by atoms with Gasteiger partial charge >= 0.3 is 0 Å². The monoisotopic (exact) mass is 177 g/mol. The van der Waals surface area contributed by atoms with Gasteiger partial charge in [-0.25, -0.2) is 0 Å². The molecule has 1 heterocycles. The highest BCUT2D eigenvalue weighted by Gasteiger charge is 2.31. The minimum absolute atomic E-state index is 0.269. The Balaban J connectivity index is 2.48. The third-order valence-electron chi connectivity index (χ3n) is 2.77. The van der Waals surface area contributed by atoms with Gasteiger partial charge in [0.15, 0.2) is 0 Å². The zero-order chi connectivity index (χ0) is 9.31. The molecular formula is C11H15NO. The van der Waals surface area contributed by atoms with Crippen molar-refractivity contribution in [2.24, 2.45) is 5.73 Å². The van der Waals surface area contributed by atoms with E-state index in [4.69, 9.17) is 10.5 Å². The van der Waals surface area contributed by atoms with E-state index in [9.17, 15) is 0 Å². The average Bonchev–Trinajstić information content (AvgIpc) is 2.19. The van der Waals surface area contributed by atoms with Crippen molar-refractivity contribution in [3.8, 4) is 0 Å². The molecule has 0 saturated carbocycles. The average molecular weight is 177 g/mol. The minimum atomic E-state index is -0.269. The third kappa shape index (κ3) is 1.36. The predicted octanol–water partition coefficient (Wildman–Crippen LogP) is 1.43. The number of hydrogen-bond acceptors (Lipinski definition) is 2. The molecule has 1 atom stereocenters. The van der Waals surface area contributed by atoms with Crippen molar-refractivity contribution in [1.29, 1.82) is 0 Å². The number of fused-ring (bicyclic) bond motifs is 1. The molecule has 2 heteroatoms. The summed E-state index contributed by atoms with van der Waals surface area (Å²) in [6, 6.07) is 8.38. The van der Waals surface area contributed by atoms with Crippen LogP contribution in [-0.2, 0) is 16.8 Å². The van der Waals surface area contributed by atoms with E-state index >= 15 is 0 Å². The maximum absolute atomic E-state index is 5.73. The summed E-state index contributed by atoms with van der Waals surface area (Å²) >= 11 is 0. The van der Waals surface area contributed by atoms with Crippen molar-refractivity contribution in [1.82, 2.24) is 0 Å². The Labute approximate surface area is 78.7 Å². The second-order valence-electron chi connectivity index (χ2n) is 3.69. The molecule has 0 bridgehead atoms. The van der Waals surface area contributed by atoms with Gasteiger partial charge in [-0.2, -0.15) is 0 Å². The normalized spacial score (nSPS) is 26.9. The fraction of sp³-hybridized carbons (Fsp3) is 0.455. The zero-order valence-corrected chi connectivity index (χ0v) is 7.92. The van der Waals surface area contributed by atoms with Crippen LogP contribution in [0, 0.1) is 0 Å². The van der Waals surface area contributed by atoms with Gasteiger partial charge in [-0.15, -0.1) is 0 Å². The predicted molar refractivity (Wildman–Crippen MR) is 52.5 cm³/mol. The Hall–Kier alpha value is -0.860. The molecule has 0 unspecified atom stereocenters. The van der Waals surface area contributed by atoms with Gasteiger partial charge < -0.3 is 10.5 Å². The lowest BCUT2D eigenvalue weighted by Crippen LogP contribution is -2.39. The van der Waals surface area contributed by atoms with Gasteiger partial charge in [0.1, 0.15) is 5.60 Å². The molecule has 1 aliphatic rings. The third-order valence-corrected chi connectivity index (χ3v) is 2.77. The summed E-state index contributed by atoms with van der Waals surface area (Å²) in [4.78, 5) is 0. The van der Waals surface area contributed by atoms with Crippen LogP contribution in [0.15, 0.2) is 24.3 Å². The van der Waals surface area contributed by atoms with Gasteiger partial charge in [0.2, 0.25) is 0 Å². The van der Waals surface area contributed by atoms with Crippen molar-refractivity contribution in [3.05, 3.63) is 35.4 Å². The molecular weight excluding hydrogens is 162 g/mol. The largest absolute Gasteiger partial charge is 0.369 e. The first-order valence-corrected chi connectivity index (χ1v) is 4.69. The molecule has 0 fully saturated rings.